The van der Waals surface area contributed by atoms with Gasteiger partial charge in [0.1, 0.15) is 51.9 Å². The number of nitrogens with one attached hydrogen (secondary N) is 1. The number of rotatable bonds is 18. The van der Waals surface area contributed by atoms with Gasteiger partial charge in [-0.05, 0) is 99.3 Å². The minimum Gasteiger partial charge on any atom is -0.495 e. The number of carbonyl (C=O) groups excluding carboxylic acids is 7. The number of anilines is 1. The van der Waals surface area contributed by atoms with E-state index in [1.165, 1.54) is 38.0 Å². The number of piperidine rings is 1. The summed E-state index contributed by atoms with van der Waals surface area (Å²) >= 11 is 6.85. The molecule has 2 N–H and O–H groups in total. The predicted octanol–water partition coefficient (Wildman–Crippen LogP) is 6.29. The second-order valence-corrected chi connectivity index (χ2v) is 23.6. The van der Waals surface area contributed by atoms with Gasteiger partial charge in [-0.3, -0.25) is 24.5 Å². The molecule has 4 aliphatic heterocycles. The first kappa shape index (κ1) is 65.3. The van der Waals surface area contributed by atoms with Crippen LogP contribution in [0.1, 0.15) is 120 Å². The second kappa shape index (κ2) is 28.0. The fraction of sp³-hybridized carbons (Fsp3) is 0.702. The zero-order chi connectivity index (χ0) is 59.5. The molecule has 0 saturated carbocycles. The average molecular weight is 1150 g/mol. The highest BCUT2D eigenvalue weighted by Gasteiger charge is 2.64. The highest BCUT2D eigenvalue weighted by atomic mass is 35.5. The molecule has 4 bridgehead atoms. The van der Waals surface area contributed by atoms with E-state index in [1.54, 1.807) is 96.5 Å². The molecule has 3 saturated heterocycles. The topological polar surface area (TPSA) is 251 Å². The van der Waals surface area contributed by atoms with Crippen LogP contribution in [0.4, 0.5) is 15.3 Å². The highest BCUT2D eigenvalue weighted by Crippen LogP contribution is 2.49. The molecule has 1 aromatic carbocycles. The molecular weight excluding hydrogens is 1060 g/mol. The number of likely N-dealkylation sites (tertiary alicyclic amines) is 1. The number of methoxy groups -OCH3 is 2. The second-order valence-electron chi connectivity index (χ2n) is 23.3. The van der Waals surface area contributed by atoms with Gasteiger partial charge in [-0.25, -0.2) is 14.4 Å². The van der Waals surface area contributed by atoms with Crippen molar-refractivity contribution < 1.29 is 81.3 Å². The summed E-state index contributed by atoms with van der Waals surface area (Å²) in [6.07, 6.45) is 0.328. The molecule has 0 aromatic heterocycles. The van der Waals surface area contributed by atoms with Crippen LogP contribution in [0.2, 0.25) is 5.02 Å². The van der Waals surface area contributed by atoms with Crippen molar-refractivity contribution in [2.24, 2.45) is 5.92 Å². The summed E-state index contributed by atoms with van der Waals surface area (Å²) in [5, 5.41) is 14.6. The summed E-state index contributed by atoms with van der Waals surface area (Å²) in [4.78, 5) is 101. The maximum atomic E-state index is 14.5. The highest BCUT2D eigenvalue weighted by molar-refractivity contribution is 6.35. The first-order chi connectivity index (χ1) is 37.4. The molecule has 0 spiro atoms. The SMILES string of the molecule is COc1cc2cc(c1Cl)N(C)C(=O)C[C@H](OC(=O)[C@H](C)N(C)C(=O)CCC(=O)N(CCOCCOCCC(=O)OC(C)(C)C)C1CCN(C(=O)OC(C)(C)C)CC1)C1(C)OC1[C@H](C)[C@@H]1C[C@@](O)(NC(=O)O1)[C@H](OC)/C=C/C=C(\C)C2. The molecule has 4 heterocycles. The maximum absolute atomic E-state index is 14.5. The van der Waals surface area contributed by atoms with Crippen LogP contribution in [-0.2, 0) is 68.3 Å². The number of benzene rings is 1. The van der Waals surface area contributed by atoms with E-state index < -0.39 is 95.3 Å². The molecule has 2 unspecified atom stereocenters. The Balaban J connectivity index is 1.30. The molecule has 5 amide bonds. The number of alkyl carbamates (subject to hydrolysis) is 1. The van der Waals surface area contributed by atoms with Crippen molar-refractivity contribution in [3.63, 3.8) is 0 Å². The van der Waals surface area contributed by atoms with Crippen LogP contribution in [0, 0.1) is 5.92 Å². The Morgan fingerprint density at radius 3 is 2.20 bits per heavy atom. The lowest BCUT2D eigenvalue weighted by atomic mass is 9.83. The van der Waals surface area contributed by atoms with Gasteiger partial charge in [0.2, 0.25) is 17.7 Å². The summed E-state index contributed by atoms with van der Waals surface area (Å²) in [7, 11) is 5.84. The van der Waals surface area contributed by atoms with Crippen LogP contribution in [-0.4, -0.2) is 195 Å². The normalized spacial score (nSPS) is 26.3. The number of hydrogen-bond acceptors (Lipinski definition) is 17. The number of epoxide rings is 1. The fourth-order valence-electron chi connectivity index (χ4n) is 9.98. The third kappa shape index (κ3) is 18.0. The van der Waals surface area contributed by atoms with Crippen LogP contribution in [0.25, 0.3) is 0 Å². The lowest BCUT2D eigenvalue weighted by Gasteiger charge is -2.42. The first-order valence-corrected chi connectivity index (χ1v) is 27.8. The minimum absolute atomic E-state index is 0.0891. The quantitative estimate of drug-likeness (QED) is 0.0709. The van der Waals surface area contributed by atoms with Crippen molar-refractivity contribution in [3.05, 3.63) is 46.5 Å². The molecule has 23 heteroatoms. The maximum Gasteiger partial charge on any atom is 0.410 e. The van der Waals surface area contributed by atoms with E-state index in [9.17, 15) is 38.7 Å². The van der Waals surface area contributed by atoms with Gasteiger partial charge >= 0.3 is 24.1 Å². The lowest BCUT2D eigenvalue weighted by Crippen LogP contribution is -2.63. The molecule has 448 valence electrons. The number of aliphatic hydroxyl groups is 1. The summed E-state index contributed by atoms with van der Waals surface area (Å²) < 4.78 is 51.9. The lowest BCUT2D eigenvalue weighted by molar-refractivity contribution is -0.162. The Morgan fingerprint density at radius 2 is 1.57 bits per heavy atom. The summed E-state index contributed by atoms with van der Waals surface area (Å²) in [5.74, 6) is -2.89. The minimum atomic E-state index is -1.90. The number of hydrogen-bond donors (Lipinski definition) is 2. The number of amides is 5. The van der Waals surface area contributed by atoms with Crippen LogP contribution in [0.5, 0.6) is 5.75 Å². The molecule has 8 atom stereocenters. The van der Waals surface area contributed by atoms with E-state index in [0.29, 0.717) is 43.8 Å². The third-order valence-corrected chi connectivity index (χ3v) is 15.1. The Kier molecular flexibility index (Phi) is 22.8. The Bertz CT molecular complexity index is 2430. The van der Waals surface area contributed by atoms with Crippen molar-refractivity contribution in [3.8, 4) is 5.75 Å². The van der Waals surface area contributed by atoms with Crippen LogP contribution in [0.15, 0.2) is 35.9 Å². The monoisotopic (exact) mass is 1150 g/mol. The van der Waals surface area contributed by atoms with Gasteiger partial charge in [0.15, 0.2) is 5.72 Å². The van der Waals surface area contributed by atoms with Crippen LogP contribution < -0.4 is 15.0 Å². The summed E-state index contributed by atoms with van der Waals surface area (Å²) in [6.45, 7) is 19.1. The Hall–Kier alpha value is -5.52. The molecule has 4 aliphatic rings. The number of carbonyl (C=O) groups is 7. The average Bonchev–Trinajstić information content (AvgIpc) is 4.23. The van der Waals surface area contributed by atoms with E-state index in [0.717, 1.165) is 11.1 Å². The van der Waals surface area contributed by atoms with Crippen molar-refractivity contribution in [2.75, 3.05) is 79.3 Å². The van der Waals surface area contributed by atoms with E-state index in [2.05, 4.69) is 5.32 Å². The van der Waals surface area contributed by atoms with Crippen molar-refractivity contribution >= 4 is 59.1 Å². The summed E-state index contributed by atoms with van der Waals surface area (Å²) in [5.41, 5.74) is -2.53. The zero-order valence-corrected chi connectivity index (χ0v) is 49.9. The van der Waals surface area contributed by atoms with E-state index in [-0.39, 0.29) is 81.6 Å². The van der Waals surface area contributed by atoms with Gasteiger partial charge in [-0.2, -0.15) is 0 Å². The van der Waals surface area contributed by atoms with E-state index in [1.807, 2.05) is 13.0 Å². The number of fused-ring (bicyclic) bond motifs is 5. The molecule has 1 aromatic rings. The van der Waals surface area contributed by atoms with Crippen molar-refractivity contribution in [2.45, 2.75) is 180 Å². The first-order valence-electron chi connectivity index (χ1n) is 27.4. The van der Waals surface area contributed by atoms with Crippen LogP contribution in [0.3, 0.4) is 0 Å². The van der Waals surface area contributed by atoms with Gasteiger partial charge in [0.25, 0.3) is 0 Å². The number of likely N-dealkylation sites (N-methyl/N-ethyl adjacent to an activating group) is 1. The number of esters is 2. The number of ether oxygens (including phenoxy) is 9. The molecule has 0 radical (unpaired) electrons. The molecule has 5 rings (SSSR count). The standard InChI is InChI=1S/C57H86ClN5O17/c1-35-16-15-17-43(73-14)57(71)34-42(76-52(69)59-57)36(2)50-56(10,79-50)44(33-47(66)61(12)40-31-38(30-35)32-41(72-13)49(40)58)77-51(68)37(3)60(11)45(64)18-19-46(65)63(39-20-23-62(24-21-39)53(70)80-55(7,8)9)25-27-75-29-28-74-26-22-48(67)78-54(4,5)6/h15-17,31-32,36-37,39,42-44,50,71H,18-30,33-34H2,1-14H3,(H,59,69)/b17-15+,35-16+/t36-,37+,42+,43-,44+,50?,56?,57+/m1/s1. The van der Waals surface area contributed by atoms with E-state index in [4.69, 9.17) is 54.2 Å². The molecular formula is C57H86ClN5O17. The number of halogens is 1. The van der Waals surface area contributed by atoms with Gasteiger partial charge in [-0.15, -0.1) is 0 Å². The van der Waals surface area contributed by atoms with Gasteiger partial charge < -0.3 is 67.3 Å². The van der Waals surface area contributed by atoms with Gasteiger partial charge in [0, 0.05) is 72.1 Å². The Labute approximate surface area is 475 Å². The number of nitrogens with zero attached hydrogens (tertiary/aromatic N) is 4. The van der Waals surface area contributed by atoms with Gasteiger partial charge in [-0.1, -0.05) is 42.3 Å². The fourth-order valence-corrected chi connectivity index (χ4v) is 10.3. The van der Waals surface area contributed by atoms with Gasteiger partial charge in [0.05, 0.1) is 58.2 Å². The van der Waals surface area contributed by atoms with Crippen molar-refractivity contribution in [1.82, 2.24) is 20.0 Å². The number of allylic oxidation sites excluding steroid dienone is 3. The van der Waals surface area contributed by atoms with Crippen molar-refractivity contribution in [1.29, 1.82) is 0 Å². The molecule has 22 nitrogen and oxygen atoms in total. The third-order valence-electron chi connectivity index (χ3n) is 14.7. The Morgan fingerprint density at radius 1 is 0.938 bits per heavy atom. The van der Waals surface area contributed by atoms with E-state index >= 15 is 0 Å². The largest absolute Gasteiger partial charge is 0.495 e. The molecule has 80 heavy (non-hydrogen) atoms. The predicted molar refractivity (Wildman–Crippen MR) is 295 cm³/mol. The zero-order valence-electron chi connectivity index (χ0n) is 49.2. The summed E-state index contributed by atoms with van der Waals surface area (Å²) in [6, 6.07) is 2.04. The molecule has 3 fully saturated rings. The smallest absolute Gasteiger partial charge is 0.410 e. The van der Waals surface area contributed by atoms with Crippen LogP contribution >= 0.6 is 11.6 Å². The molecule has 0 aliphatic carbocycles.